The van der Waals surface area contributed by atoms with E-state index in [0.29, 0.717) is 6.10 Å². The Morgan fingerprint density at radius 3 is 2.44 bits per heavy atom. The minimum atomic E-state index is 0.514. The van der Waals surface area contributed by atoms with E-state index in [9.17, 15) is 0 Å². The Bertz CT molecular complexity index is 50.9. The van der Waals surface area contributed by atoms with Crippen molar-refractivity contribution in [1.82, 2.24) is 0 Å². The van der Waals surface area contributed by atoms with Crippen molar-refractivity contribution in [1.29, 1.82) is 0 Å². The van der Waals surface area contributed by atoms with Crippen LogP contribution in [0.25, 0.3) is 0 Å². The summed E-state index contributed by atoms with van der Waals surface area (Å²) >= 11 is 2.18. The third-order valence-corrected chi connectivity index (χ3v) is 1.47. The fraction of sp³-hybridized carbons (Fsp3) is 1.00. The monoisotopic (exact) mass is 122 g/mol. The van der Waals surface area contributed by atoms with Gasteiger partial charge in [0, 0.05) is 0 Å². The molecule has 0 aromatic rings. The molecule has 50 valence electrons. The summed E-state index contributed by atoms with van der Waals surface area (Å²) in [6.45, 7) is 5.11. The van der Waals surface area contributed by atoms with Crippen molar-refractivity contribution in [2.45, 2.75) is 37.9 Å². The predicted molar refractivity (Wildman–Crippen MR) is 40.9 cm³/mol. The molecule has 0 aliphatic carbocycles. The van der Waals surface area contributed by atoms with Crippen LogP contribution in [-0.2, 0) is 4.74 Å². The van der Waals surface area contributed by atoms with Crippen LogP contribution in [0.5, 0.6) is 0 Å². The van der Waals surface area contributed by atoms with E-state index in [4.69, 9.17) is 4.74 Å². The van der Waals surface area contributed by atoms with Crippen LogP contribution in [0.15, 0.2) is 0 Å². The molecule has 1 nitrogen and oxygen atoms in total. The van der Waals surface area contributed by atoms with Gasteiger partial charge in [-0.15, -0.1) is 0 Å². The third-order valence-electron chi connectivity index (χ3n) is 1.47. The number of hydrogen-bond acceptors (Lipinski definition) is 1. The van der Waals surface area contributed by atoms with Gasteiger partial charge in [0.15, 0.2) is 0 Å². The molecular formula is C7H15LiO. The Labute approximate surface area is 67.4 Å². The van der Waals surface area contributed by atoms with Crippen molar-refractivity contribution in [3.63, 3.8) is 0 Å². The van der Waals surface area contributed by atoms with Crippen LogP contribution in [0.1, 0.15) is 26.7 Å². The minimum absolute atomic E-state index is 0.514. The normalized spacial score (nSPS) is 13.8. The molecule has 0 fully saturated rings. The van der Waals surface area contributed by atoms with Gasteiger partial charge >= 0.3 is 66.9 Å². The van der Waals surface area contributed by atoms with Crippen LogP contribution >= 0.6 is 0 Å². The van der Waals surface area contributed by atoms with Gasteiger partial charge in [-0.2, -0.15) is 0 Å². The summed E-state index contributed by atoms with van der Waals surface area (Å²) in [6.07, 6.45) is 2.96. The molecule has 1 unspecified atom stereocenters. The Balaban J connectivity index is 3.18. The molecule has 0 radical (unpaired) electrons. The van der Waals surface area contributed by atoms with Crippen LogP contribution < -0.4 is 0 Å². The van der Waals surface area contributed by atoms with E-state index in [0.717, 1.165) is 11.7 Å². The molecule has 1 atom stereocenters. The van der Waals surface area contributed by atoms with Crippen molar-refractivity contribution >= 4 is 17.7 Å². The van der Waals surface area contributed by atoms with Crippen LogP contribution in [0.2, 0.25) is 5.09 Å². The van der Waals surface area contributed by atoms with Gasteiger partial charge in [-0.3, -0.25) is 0 Å². The topological polar surface area (TPSA) is 9.23 Å². The van der Waals surface area contributed by atoms with Gasteiger partial charge in [-0.05, 0) is 0 Å². The number of ether oxygens (including phenoxy) is 1. The molecule has 0 saturated heterocycles. The average Bonchev–Trinajstić information content (AvgIpc) is 1.88. The summed E-state index contributed by atoms with van der Waals surface area (Å²) in [7, 11) is 0. The first-order valence-corrected chi connectivity index (χ1v) is 3.96. The zero-order valence-corrected chi connectivity index (χ0v) is 6.81. The van der Waals surface area contributed by atoms with Crippen molar-refractivity contribution in [3.8, 4) is 0 Å². The van der Waals surface area contributed by atoms with Gasteiger partial charge < -0.3 is 0 Å². The van der Waals surface area contributed by atoms with E-state index in [1.54, 1.807) is 0 Å². The summed E-state index contributed by atoms with van der Waals surface area (Å²) in [5.41, 5.74) is 0. The van der Waals surface area contributed by atoms with Crippen molar-refractivity contribution in [2.24, 2.45) is 0 Å². The summed E-state index contributed by atoms with van der Waals surface area (Å²) in [6, 6.07) is 0. The maximum absolute atomic E-state index is 5.43. The fourth-order valence-electron chi connectivity index (χ4n) is 0.963. The van der Waals surface area contributed by atoms with E-state index in [1.807, 2.05) is 0 Å². The Morgan fingerprint density at radius 1 is 1.44 bits per heavy atom. The second-order valence-corrected chi connectivity index (χ2v) is 2.27. The van der Waals surface area contributed by atoms with Gasteiger partial charge in [0.05, 0.1) is 0 Å². The molecule has 0 saturated carbocycles. The summed E-state index contributed by atoms with van der Waals surface area (Å²) < 4.78 is 5.43. The zero-order valence-electron chi connectivity index (χ0n) is 6.81. The van der Waals surface area contributed by atoms with Crippen LogP contribution in [-0.4, -0.2) is 30.4 Å². The van der Waals surface area contributed by atoms with Crippen molar-refractivity contribution in [3.05, 3.63) is 0 Å². The molecule has 0 aliphatic heterocycles. The SMILES string of the molecule is [Li][CH2]C(CCC)OCC. The second-order valence-electron chi connectivity index (χ2n) is 2.27. The molecule has 0 spiro atoms. The van der Waals surface area contributed by atoms with E-state index < -0.39 is 0 Å². The van der Waals surface area contributed by atoms with E-state index in [2.05, 4.69) is 31.6 Å². The molecule has 9 heavy (non-hydrogen) atoms. The predicted octanol–water partition coefficient (Wildman–Crippen LogP) is 1.78. The van der Waals surface area contributed by atoms with Gasteiger partial charge in [-0.25, -0.2) is 0 Å². The molecular weight excluding hydrogens is 107 g/mol. The summed E-state index contributed by atoms with van der Waals surface area (Å²) in [4.78, 5) is 0. The molecule has 0 N–H and O–H groups in total. The first-order valence-electron chi connectivity index (χ1n) is 3.96. The van der Waals surface area contributed by atoms with Crippen LogP contribution in [0.4, 0.5) is 0 Å². The molecule has 0 rings (SSSR count). The Morgan fingerprint density at radius 2 is 2.11 bits per heavy atom. The van der Waals surface area contributed by atoms with E-state index in [-0.39, 0.29) is 0 Å². The van der Waals surface area contributed by atoms with Crippen molar-refractivity contribution < 1.29 is 4.74 Å². The summed E-state index contributed by atoms with van der Waals surface area (Å²) in [5, 5.41) is 1.15. The molecule has 0 aliphatic rings. The first kappa shape index (κ1) is 9.56. The first-order chi connectivity index (χ1) is 4.35. The van der Waals surface area contributed by atoms with Gasteiger partial charge in [0.25, 0.3) is 0 Å². The van der Waals surface area contributed by atoms with Crippen molar-refractivity contribution in [2.75, 3.05) is 6.61 Å². The van der Waals surface area contributed by atoms with E-state index >= 15 is 0 Å². The standard InChI is InChI=1S/C7H15O.Li/c1-4-6-7(3)8-5-2;/h7H,3-6H2,1-2H3;. The molecule has 0 aromatic heterocycles. The Hall–Kier alpha value is 0.557. The fourth-order valence-corrected chi connectivity index (χ4v) is 0.963. The van der Waals surface area contributed by atoms with Gasteiger partial charge in [0.2, 0.25) is 0 Å². The van der Waals surface area contributed by atoms with E-state index in [1.165, 1.54) is 12.8 Å². The summed E-state index contributed by atoms with van der Waals surface area (Å²) in [5.74, 6) is 0. The van der Waals surface area contributed by atoms with Gasteiger partial charge in [-0.1, -0.05) is 0 Å². The number of rotatable bonds is 5. The molecule has 0 heterocycles. The molecule has 0 bridgehead atoms. The van der Waals surface area contributed by atoms with Crippen LogP contribution in [0, 0.1) is 0 Å². The van der Waals surface area contributed by atoms with Gasteiger partial charge in [0.1, 0.15) is 0 Å². The second kappa shape index (κ2) is 6.67. The Kier molecular flexibility index (Phi) is 7.09. The quantitative estimate of drug-likeness (QED) is 0.505. The molecule has 2 heteroatoms. The molecule has 0 amide bonds. The number of hydrogen-bond donors (Lipinski definition) is 0. The zero-order chi connectivity index (χ0) is 7.11. The average molecular weight is 122 g/mol. The maximum atomic E-state index is 5.43. The molecule has 0 aromatic carbocycles. The van der Waals surface area contributed by atoms with Crippen LogP contribution in [0.3, 0.4) is 0 Å². The third kappa shape index (κ3) is 5.02.